The number of anilines is 1. The monoisotopic (exact) mass is 270 g/mol. The quantitative estimate of drug-likeness (QED) is 0.840. The normalized spacial score (nSPS) is 18.2. The maximum absolute atomic E-state index is 14.2. The van der Waals surface area contributed by atoms with Gasteiger partial charge in [0.2, 0.25) is 0 Å². The summed E-state index contributed by atoms with van der Waals surface area (Å²) in [7, 11) is 0. The van der Waals surface area contributed by atoms with Crippen molar-refractivity contribution in [3.63, 3.8) is 0 Å². The van der Waals surface area contributed by atoms with Crippen LogP contribution in [-0.2, 0) is 0 Å². The number of rotatable bonds is 2. The van der Waals surface area contributed by atoms with Gasteiger partial charge >= 0.3 is 0 Å². The molecule has 1 aromatic carbocycles. The molecule has 5 heteroatoms. The van der Waals surface area contributed by atoms with Gasteiger partial charge in [0.05, 0.1) is 0 Å². The van der Waals surface area contributed by atoms with Crippen LogP contribution in [0.25, 0.3) is 5.69 Å². The number of benzene rings is 1. The molecule has 0 fully saturated rings. The molecule has 1 aliphatic heterocycles. The van der Waals surface area contributed by atoms with Crippen molar-refractivity contribution in [2.45, 2.75) is 20.0 Å². The summed E-state index contributed by atoms with van der Waals surface area (Å²) in [5.41, 5.74) is 2.19. The number of aliphatic imine (C=N–C) groups is 1. The van der Waals surface area contributed by atoms with Gasteiger partial charge in [-0.15, -0.1) is 0 Å². The van der Waals surface area contributed by atoms with E-state index in [9.17, 15) is 4.39 Å². The molecule has 0 saturated heterocycles. The highest BCUT2D eigenvalue weighted by molar-refractivity contribution is 5.94. The molecule has 0 amide bonds. The molecule has 1 aromatic heterocycles. The Morgan fingerprint density at radius 3 is 2.80 bits per heavy atom. The maximum atomic E-state index is 14.2. The molecule has 1 unspecified atom stereocenters. The van der Waals surface area contributed by atoms with E-state index in [0.717, 1.165) is 11.4 Å². The molecule has 3 rings (SSSR count). The van der Waals surface area contributed by atoms with Gasteiger partial charge in [-0.2, -0.15) is 5.10 Å². The number of aromatic nitrogens is 2. The fourth-order valence-electron chi connectivity index (χ4n) is 2.27. The number of nitrogens with zero attached hydrogens (tertiary/aromatic N) is 4. The molecule has 102 valence electrons. The van der Waals surface area contributed by atoms with Crippen molar-refractivity contribution in [3.05, 3.63) is 54.8 Å². The minimum absolute atomic E-state index is 0.0325. The highest BCUT2D eigenvalue weighted by atomic mass is 19.1. The molecule has 1 aliphatic rings. The van der Waals surface area contributed by atoms with Crippen LogP contribution in [-0.4, -0.2) is 21.7 Å². The highest BCUT2D eigenvalue weighted by Crippen LogP contribution is 2.24. The Morgan fingerprint density at radius 1 is 1.30 bits per heavy atom. The minimum atomic E-state index is -0.307. The number of halogens is 1. The van der Waals surface area contributed by atoms with Gasteiger partial charge < -0.3 is 4.90 Å². The third kappa shape index (κ3) is 2.22. The van der Waals surface area contributed by atoms with Crippen LogP contribution in [0.3, 0.4) is 0 Å². The first-order chi connectivity index (χ1) is 9.65. The molecule has 0 bridgehead atoms. The van der Waals surface area contributed by atoms with E-state index in [-0.39, 0.29) is 12.0 Å². The number of allylic oxidation sites excluding steroid dienone is 1. The van der Waals surface area contributed by atoms with Gasteiger partial charge in [0.1, 0.15) is 11.9 Å². The third-order valence-electron chi connectivity index (χ3n) is 3.25. The lowest BCUT2D eigenvalue weighted by molar-refractivity contribution is 0.609. The Hall–Kier alpha value is -2.43. The third-order valence-corrected chi connectivity index (χ3v) is 3.25. The maximum Gasteiger partial charge on any atom is 0.150 e. The Kier molecular flexibility index (Phi) is 3.10. The topological polar surface area (TPSA) is 33.4 Å². The zero-order valence-corrected chi connectivity index (χ0v) is 11.4. The molecule has 0 aliphatic carbocycles. The van der Waals surface area contributed by atoms with Crippen LogP contribution < -0.4 is 4.90 Å². The minimum Gasteiger partial charge on any atom is -0.325 e. The molecule has 2 heterocycles. The van der Waals surface area contributed by atoms with Crippen molar-refractivity contribution >= 4 is 11.4 Å². The second kappa shape index (κ2) is 4.92. The Labute approximate surface area is 116 Å². The molecule has 0 radical (unpaired) electrons. The van der Waals surface area contributed by atoms with E-state index in [2.05, 4.69) is 10.1 Å². The molecular formula is C15H15FN4. The van der Waals surface area contributed by atoms with Gasteiger partial charge in [0, 0.05) is 30.0 Å². The van der Waals surface area contributed by atoms with Crippen molar-refractivity contribution in [2.75, 3.05) is 4.90 Å². The van der Waals surface area contributed by atoms with Crippen molar-refractivity contribution in [2.24, 2.45) is 4.99 Å². The van der Waals surface area contributed by atoms with Crippen LogP contribution in [0.1, 0.15) is 13.8 Å². The van der Waals surface area contributed by atoms with Crippen LogP contribution in [0.4, 0.5) is 10.1 Å². The van der Waals surface area contributed by atoms with E-state index in [1.165, 1.54) is 10.7 Å². The van der Waals surface area contributed by atoms with E-state index >= 15 is 0 Å². The molecule has 0 spiro atoms. The number of hydrogen-bond donors (Lipinski definition) is 0. The summed E-state index contributed by atoms with van der Waals surface area (Å²) in [6.45, 7) is 3.93. The van der Waals surface area contributed by atoms with Gasteiger partial charge in [0.25, 0.3) is 0 Å². The van der Waals surface area contributed by atoms with Crippen LogP contribution in [0.5, 0.6) is 0 Å². The molecule has 0 N–H and O–H groups in total. The first kappa shape index (κ1) is 12.6. The van der Waals surface area contributed by atoms with E-state index in [1.54, 1.807) is 24.5 Å². The molecule has 20 heavy (non-hydrogen) atoms. The van der Waals surface area contributed by atoms with E-state index in [4.69, 9.17) is 0 Å². The van der Waals surface area contributed by atoms with Crippen LogP contribution in [0.15, 0.2) is 53.9 Å². The molecule has 0 saturated carbocycles. The van der Waals surface area contributed by atoms with E-state index in [0.29, 0.717) is 5.69 Å². The summed E-state index contributed by atoms with van der Waals surface area (Å²) in [5.74, 6) is -0.307. The lowest BCUT2D eigenvalue weighted by atomic mass is 10.2. The van der Waals surface area contributed by atoms with Crippen molar-refractivity contribution in [1.29, 1.82) is 0 Å². The first-order valence-corrected chi connectivity index (χ1v) is 6.45. The first-order valence-electron chi connectivity index (χ1n) is 6.45. The Balaban J connectivity index is 1.94. The molecule has 2 aromatic rings. The van der Waals surface area contributed by atoms with Gasteiger partial charge in [-0.05, 0) is 44.2 Å². The van der Waals surface area contributed by atoms with Crippen LogP contribution in [0.2, 0.25) is 0 Å². The molecule has 1 atom stereocenters. The zero-order valence-electron chi connectivity index (χ0n) is 11.4. The molecular weight excluding hydrogens is 255 g/mol. The van der Waals surface area contributed by atoms with Crippen LogP contribution >= 0.6 is 0 Å². The average Bonchev–Trinajstić information content (AvgIpc) is 2.92. The second-order valence-electron chi connectivity index (χ2n) is 4.71. The predicted octanol–water partition coefficient (Wildman–Crippen LogP) is 3.15. The van der Waals surface area contributed by atoms with Gasteiger partial charge in [-0.1, -0.05) is 0 Å². The Bertz CT molecular complexity index is 673. The fraction of sp³-hybridized carbons (Fsp3) is 0.200. The highest BCUT2D eigenvalue weighted by Gasteiger charge is 2.16. The van der Waals surface area contributed by atoms with Gasteiger partial charge in [-0.25, -0.2) is 9.07 Å². The summed E-state index contributed by atoms with van der Waals surface area (Å²) < 4.78 is 15.7. The van der Waals surface area contributed by atoms with Crippen molar-refractivity contribution < 1.29 is 4.39 Å². The zero-order chi connectivity index (χ0) is 14.1. The average molecular weight is 270 g/mol. The lowest BCUT2D eigenvalue weighted by Crippen LogP contribution is -2.29. The summed E-state index contributed by atoms with van der Waals surface area (Å²) in [6.07, 6.45) is 7.15. The summed E-state index contributed by atoms with van der Waals surface area (Å²) in [5, 5.41) is 4.04. The van der Waals surface area contributed by atoms with Gasteiger partial charge in [0.15, 0.2) is 5.82 Å². The van der Waals surface area contributed by atoms with E-state index in [1.807, 2.05) is 37.1 Å². The predicted molar refractivity (Wildman–Crippen MR) is 77.7 cm³/mol. The standard InChI is InChI=1S/C15H15FN4/c1-11-6-9-19(12(2)18-11)13-4-5-15(14(16)10-13)20-8-3-7-17-20/h3-10,12H,1-2H3. The smallest absolute Gasteiger partial charge is 0.150 e. The van der Waals surface area contributed by atoms with Crippen molar-refractivity contribution in [3.8, 4) is 5.69 Å². The Morgan fingerprint density at radius 2 is 2.15 bits per heavy atom. The van der Waals surface area contributed by atoms with Gasteiger partial charge in [-0.3, -0.25) is 4.99 Å². The molecule has 4 nitrogen and oxygen atoms in total. The van der Waals surface area contributed by atoms with Crippen LogP contribution in [0, 0.1) is 5.82 Å². The van der Waals surface area contributed by atoms with E-state index < -0.39 is 0 Å². The largest absolute Gasteiger partial charge is 0.325 e. The SMILES string of the molecule is CC1=NC(C)N(c2ccc(-n3cccn3)c(F)c2)C=C1. The van der Waals surface area contributed by atoms with Crippen molar-refractivity contribution in [1.82, 2.24) is 9.78 Å². The number of hydrogen-bond acceptors (Lipinski definition) is 3. The summed E-state index contributed by atoms with van der Waals surface area (Å²) in [6, 6.07) is 6.87. The second-order valence-corrected chi connectivity index (χ2v) is 4.71. The summed E-state index contributed by atoms with van der Waals surface area (Å²) >= 11 is 0. The summed E-state index contributed by atoms with van der Waals surface area (Å²) in [4.78, 5) is 6.39. The fourth-order valence-corrected chi connectivity index (χ4v) is 2.27. The lowest BCUT2D eigenvalue weighted by Gasteiger charge is -2.28.